The first-order chi connectivity index (χ1) is 37.6. The Hall–Kier alpha value is -6.86. The summed E-state index contributed by atoms with van der Waals surface area (Å²) in [7, 11) is 3.01. The molecular weight excluding hydrogens is 1020 g/mol. The third kappa shape index (κ3) is 13.2. The maximum Gasteiger partial charge on any atom is 0.571 e. The predicted octanol–water partition coefficient (Wildman–Crippen LogP) is 9.30. The Morgan fingerprint density at radius 2 is 1.23 bits per heavy atom. The van der Waals surface area contributed by atoms with Crippen molar-refractivity contribution in [3.63, 3.8) is 0 Å². The number of benzene rings is 5. The van der Waals surface area contributed by atoms with Gasteiger partial charge in [-0.1, -0.05) is 72.8 Å². The highest BCUT2D eigenvalue weighted by atomic mass is 31.1. The minimum Gasteiger partial charge on any atom is -0.497 e. The van der Waals surface area contributed by atoms with Crippen LogP contribution in [-0.2, 0) is 43.9 Å². The quantitative estimate of drug-likeness (QED) is 0.0222. The predicted molar refractivity (Wildman–Crippen MR) is 295 cm³/mol. The van der Waals surface area contributed by atoms with E-state index >= 15 is 4.57 Å². The summed E-state index contributed by atoms with van der Waals surface area (Å²) in [6.07, 6.45) is -2.49. The number of carbonyl (C=O) groups excluding carboxylic acids is 2. The zero-order chi connectivity index (χ0) is 56.0. The van der Waals surface area contributed by atoms with Crippen LogP contribution in [0.1, 0.15) is 78.9 Å². The first kappa shape index (κ1) is 58.8. The van der Waals surface area contributed by atoms with Crippen molar-refractivity contribution in [2.24, 2.45) is 0 Å². The number of hydrogen-bond donors (Lipinski definition) is 1. The van der Waals surface area contributed by atoms with Crippen LogP contribution in [0.3, 0.4) is 0 Å². The summed E-state index contributed by atoms with van der Waals surface area (Å²) in [5.74, 6) is 0.955. The molecule has 0 saturated carbocycles. The molecule has 18 nitrogen and oxygen atoms in total. The maximum absolute atomic E-state index is 15.9. The third-order valence-corrected chi connectivity index (χ3v) is 14.8. The molecule has 2 amide bonds. The van der Waals surface area contributed by atoms with E-state index in [1.807, 2.05) is 120 Å². The van der Waals surface area contributed by atoms with Gasteiger partial charge in [-0.3, -0.25) is 14.4 Å². The molecule has 5 atom stereocenters. The summed E-state index contributed by atoms with van der Waals surface area (Å²) in [5, 5.41) is 4.48. The minimum absolute atomic E-state index is 0.0171. The van der Waals surface area contributed by atoms with Gasteiger partial charge in [-0.25, -0.2) is 9.36 Å². The molecular formula is C59H71N5O13P+. The van der Waals surface area contributed by atoms with Crippen molar-refractivity contribution in [3.05, 3.63) is 184 Å². The highest BCUT2D eigenvalue weighted by Gasteiger charge is 2.73. The first-order valence-corrected chi connectivity index (χ1v) is 27.0. The van der Waals surface area contributed by atoms with Gasteiger partial charge < -0.3 is 43.4 Å². The fourth-order valence-corrected chi connectivity index (χ4v) is 10.9. The number of ether oxygens (including phenoxy) is 7. The molecule has 1 N–H and O–H groups in total. The van der Waals surface area contributed by atoms with E-state index in [0.29, 0.717) is 28.4 Å². The normalized spacial score (nSPS) is 17.6. The number of anilines is 1. The molecule has 7 rings (SSSR count). The second kappa shape index (κ2) is 27.1. The molecule has 1 aliphatic heterocycles. The number of methoxy groups -OCH3 is 4. The maximum atomic E-state index is 15.9. The van der Waals surface area contributed by atoms with Crippen LogP contribution in [0.2, 0.25) is 0 Å². The molecule has 414 valence electrons. The van der Waals surface area contributed by atoms with E-state index < -0.39 is 49.0 Å². The summed E-state index contributed by atoms with van der Waals surface area (Å²) in [6.45, 7) is 11.0. The van der Waals surface area contributed by atoms with Crippen molar-refractivity contribution >= 4 is 25.7 Å². The second-order valence-electron chi connectivity index (χ2n) is 19.2. The molecule has 1 unspecified atom stereocenters. The van der Waals surface area contributed by atoms with E-state index in [1.54, 1.807) is 85.9 Å². The van der Waals surface area contributed by atoms with Crippen molar-refractivity contribution in [1.29, 1.82) is 0 Å². The van der Waals surface area contributed by atoms with Gasteiger partial charge in [-0.15, -0.1) is 4.52 Å². The van der Waals surface area contributed by atoms with E-state index in [9.17, 15) is 14.4 Å². The summed E-state index contributed by atoms with van der Waals surface area (Å²) in [5.41, 5.74) is -1.76. The summed E-state index contributed by atoms with van der Waals surface area (Å²) >= 11 is 0. The smallest absolute Gasteiger partial charge is 0.497 e. The van der Waals surface area contributed by atoms with Crippen molar-refractivity contribution in [1.82, 2.24) is 19.5 Å². The number of carbonyl (C=O) groups is 2. The number of rotatable bonds is 27. The second-order valence-corrected chi connectivity index (χ2v) is 20.6. The van der Waals surface area contributed by atoms with Crippen LogP contribution in [-0.4, -0.2) is 129 Å². The molecule has 1 aromatic heterocycles. The Morgan fingerprint density at radius 3 is 1.74 bits per heavy atom. The van der Waals surface area contributed by atoms with Crippen LogP contribution >= 0.6 is 8.03 Å². The molecule has 1 fully saturated rings. The molecule has 0 bridgehead atoms. The van der Waals surface area contributed by atoms with Gasteiger partial charge in [0.2, 0.25) is 0 Å². The van der Waals surface area contributed by atoms with E-state index in [0.717, 1.165) is 21.3 Å². The highest BCUT2D eigenvalue weighted by molar-refractivity contribution is 7.40. The summed E-state index contributed by atoms with van der Waals surface area (Å²) in [4.78, 5) is 55.3. The minimum atomic E-state index is -3.24. The Bertz CT molecular complexity index is 2890. The van der Waals surface area contributed by atoms with E-state index in [1.165, 1.54) is 19.4 Å². The lowest BCUT2D eigenvalue weighted by atomic mass is 9.80. The van der Waals surface area contributed by atoms with Crippen LogP contribution in [0, 0.1) is 0 Å². The molecule has 78 heavy (non-hydrogen) atoms. The fraction of sp³-hybridized carbons (Fsp3) is 0.390. The van der Waals surface area contributed by atoms with Gasteiger partial charge in [0, 0.05) is 49.1 Å². The van der Waals surface area contributed by atoms with Gasteiger partial charge in [0.15, 0.2) is 6.10 Å². The van der Waals surface area contributed by atoms with Gasteiger partial charge in [-0.2, -0.15) is 10.0 Å². The molecule has 0 spiro atoms. The third-order valence-electron chi connectivity index (χ3n) is 13.3. The summed E-state index contributed by atoms with van der Waals surface area (Å²) in [6, 6.07) is 40.7. The topological polar surface area (TPSA) is 188 Å². The molecule has 19 heteroatoms. The van der Waals surface area contributed by atoms with Gasteiger partial charge in [0.05, 0.1) is 41.2 Å². The van der Waals surface area contributed by atoms with Crippen LogP contribution in [0.15, 0.2) is 151 Å². The van der Waals surface area contributed by atoms with Gasteiger partial charge >= 0.3 is 19.2 Å². The van der Waals surface area contributed by atoms with Crippen LogP contribution < -0.4 is 25.2 Å². The molecule has 5 aromatic carbocycles. The highest BCUT2D eigenvalue weighted by Crippen LogP contribution is 2.56. The number of hydroxylamine groups is 2. The average Bonchev–Trinajstić information content (AvgIpc) is 3.86. The number of hydrogen-bond acceptors (Lipinski definition) is 15. The lowest BCUT2D eigenvalue weighted by molar-refractivity contribution is -0.263. The van der Waals surface area contributed by atoms with E-state index in [4.69, 9.17) is 42.5 Å². The largest absolute Gasteiger partial charge is 0.571 e. The molecule has 2 heterocycles. The standard InChI is InChI=1S/C59H70N5O13P/c1-40(2)62(56(66)44-21-27-48(70-8)28-22-44)35-36-75-78(68)59(63-34-33-52(61-57(63)67)60-55(65)43-17-13-11-14-18-43)54(73-38-37-69-7)53(77-64(41(3)4)42(5)6)51(76-59)39-74-58(45-19-15-12-16-20-45,46-23-29-49(71-9)30-24-46)47-25-31-50(72-10)32-26-47/h11-34,40-42,51,53-54H,35-39H2,1-10H3/p+1/t51-,53-,54-,59+/m1/s1. The van der Waals surface area contributed by atoms with E-state index in [2.05, 4.69) is 10.3 Å². The number of amides is 2. The molecule has 6 aromatic rings. The van der Waals surface area contributed by atoms with Crippen molar-refractivity contribution in [2.45, 2.75) is 89.0 Å². The zero-order valence-electron chi connectivity index (χ0n) is 45.9. The average molecular weight is 1090 g/mol. The molecule has 0 aliphatic carbocycles. The number of aromatic nitrogens is 2. The van der Waals surface area contributed by atoms with E-state index in [-0.39, 0.29) is 62.8 Å². The van der Waals surface area contributed by atoms with Crippen molar-refractivity contribution < 1.29 is 56.7 Å². The Morgan fingerprint density at radius 1 is 0.692 bits per heavy atom. The molecule has 1 saturated heterocycles. The lowest BCUT2D eigenvalue weighted by Crippen LogP contribution is -2.53. The SMILES string of the molecule is COCCO[C@@H]1[C@H](ON(C(C)C)C(C)C)[C@@H](COC(c2ccccc2)(c2ccc(OC)cc2)c2ccc(OC)cc2)O[C@]1(n1ccc(NC(=O)c2ccccc2)nc1=O)[P+](=O)OCCN(C(=O)c1ccc(OC)cc1)C(C)C. The van der Waals surface area contributed by atoms with Crippen LogP contribution in [0.5, 0.6) is 17.2 Å². The van der Waals surface area contributed by atoms with Crippen LogP contribution in [0.4, 0.5) is 5.82 Å². The fourth-order valence-electron chi connectivity index (χ4n) is 9.47. The molecule has 1 aliphatic rings. The van der Waals surface area contributed by atoms with Crippen molar-refractivity contribution in [2.75, 3.05) is 66.7 Å². The Labute approximate surface area is 457 Å². The number of nitrogens with zero attached hydrogens (tertiary/aromatic N) is 4. The van der Waals surface area contributed by atoms with Gasteiger partial charge in [0.1, 0.15) is 47.5 Å². The first-order valence-electron chi connectivity index (χ1n) is 25.9. The van der Waals surface area contributed by atoms with Gasteiger partial charge in [-0.05, 0) is 130 Å². The zero-order valence-corrected chi connectivity index (χ0v) is 46.8. The van der Waals surface area contributed by atoms with Crippen LogP contribution in [0.25, 0.3) is 0 Å². The lowest BCUT2D eigenvalue weighted by Gasteiger charge is -2.38. The molecule has 0 radical (unpaired) electrons. The van der Waals surface area contributed by atoms with Gasteiger partial charge in [0.25, 0.3) is 11.8 Å². The summed E-state index contributed by atoms with van der Waals surface area (Å²) < 4.78 is 66.9. The number of nitrogens with one attached hydrogen (secondary N) is 1. The van der Waals surface area contributed by atoms with Crippen molar-refractivity contribution in [3.8, 4) is 17.2 Å². The monoisotopic (exact) mass is 1090 g/mol. The Kier molecular flexibility index (Phi) is 20.5. The Balaban J connectivity index is 1.39.